The molecule has 0 fully saturated rings. The standard InChI is InChI=1S/C6H10O2.C3H10OSi/c1-3-5-8-6(7)4-2;1-4-5(2)3/h4H,2-3,5H2,1H3;5H,1-3H3. The quantitative estimate of drug-likeness (QED) is 0.397. The van der Waals surface area contributed by atoms with Crippen LogP contribution in [0.3, 0.4) is 0 Å². The molecule has 13 heavy (non-hydrogen) atoms. The maximum Gasteiger partial charge on any atom is 0.330 e. The van der Waals surface area contributed by atoms with Crippen LogP contribution in [0.1, 0.15) is 13.3 Å². The van der Waals surface area contributed by atoms with Gasteiger partial charge in [0.2, 0.25) is 0 Å². The van der Waals surface area contributed by atoms with Crippen LogP contribution in [0.4, 0.5) is 0 Å². The highest BCUT2D eigenvalue weighted by Gasteiger charge is 1.89. The van der Waals surface area contributed by atoms with Crippen LogP contribution >= 0.6 is 0 Å². The molecule has 78 valence electrons. The Morgan fingerprint density at radius 2 is 2.00 bits per heavy atom. The van der Waals surface area contributed by atoms with Crippen molar-refractivity contribution >= 4 is 15.0 Å². The van der Waals surface area contributed by atoms with Gasteiger partial charge < -0.3 is 9.16 Å². The largest absolute Gasteiger partial charge is 0.463 e. The van der Waals surface area contributed by atoms with Crippen molar-refractivity contribution in [2.75, 3.05) is 13.7 Å². The van der Waals surface area contributed by atoms with E-state index in [1.54, 1.807) is 7.11 Å². The van der Waals surface area contributed by atoms with Crippen molar-refractivity contribution in [1.82, 2.24) is 0 Å². The third-order valence-electron chi connectivity index (χ3n) is 1.09. The Kier molecular flexibility index (Phi) is 13.0. The first-order chi connectivity index (χ1) is 6.08. The normalized spacial score (nSPS) is 8.69. The van der Waals surface area contributed by atoms with Crippen LogP contribution in [0.15, 0.2) is 12.7 Å². The molecule has 0 aliphatic heterocycles. The highest BCUT2D eigenvalue weighted by Crippen LogP contribution is 1.81. The Bertz CT molecular complexity index is 135. The second-order valence-corrected chi connectivity index (χ2v) is 5.22. The van der Waals surface area contributed by atoms with E-state index >= 15 is 0 Å². The van der Waals surface area contributed by atoms with Crippen molar-refractivity contribution in [3.63, 3.8) is 0 Å². The van der Waals surface area contributed by atoms with Crippen LogP contribution in [0.25, 0.3) is 0 Å². The highest BCUT2D eigenvalue weighted by molar-refractivity contribution is 6.48. The molecule has 0 unspecified atom stereocenters. The van der Waals surface area contributed by atoms with E-state index in [0.29, 0.717) is 6.61 Å². The fourth-order valence-corrected chi connectivity index (χ4v) is 0.262. The molecule has 0 N–H and O–H groups in total. The van der Waals surface area contributed by atoms with E-state index < -0.39 is 9.04 Å². The van der Waals surface area contributed by atoms with Crippen molar-refractivity contribution in [2.45, 2.75) is 26.4 Å². The van der Waals surface area contributed by atoms with Crippen LogP contribution in [-0.4, -0.2) is 28.7 Å². The molecule has 0 bridgehead atoms. The molecular formula is C9H20O3Si. The number of hydrogen-bond donors (Lipinski definition) is 0. The Hall–Kier alpha value is -0.613. The summed E-state index contributed by atoms with van der Waals surface area (Å²) in [5, 5.41) is 0. The van der Waals surface area contributed by atoms with Gasteiger partial charge in [0.05, 0.1) is 6.61 Å². The molecule has 0 aromatic carbocycles. The van der Waals surface area contributed by atoms with E-state index in [4.69, 9.17) is 4.43 Å². The topological polar surface area (TPSA) is 35.5 Å². The second kappa shape index (κ2) is 11.4. The van der Waals surface area contributed by atoms with Crippen molar-refractivity contribution < 1.29 is 14.0 Å². The van der Waals surface area contributed by atoms with Crippen molar-refractivity contribution in [2.24, 2.45) is 0 Å². The summed E-state index contributed by atoms with van der Waals surface area (Å²) in [7, 11) is 1.11. The third kappa shape index (κ3) is 18.4. The van der Waals surface area contributed by atoms with Gasteiger partial charge >= 0.3 is 5.97 Å². The summed E-state index contributed by atoms with van der Waals surface area (Å²) in [4.78, 5) is 10.2. The highest BCUT2D eigenvalue weighted by atomic mass is 28.3. The van der Waals surface area contributed by atoms with Crippen LogP contribution in [0, 0.1) is 0 Å². The Labute approximate surface area is 82.5 Å². The van der Waals surface area contributed by atoms with Gasteiger partial charge in [-0.15, -0.1) is 0 Å². The van der Waals surface area contributed by atoms with Crippen LogP contribution in [-0.2, 0) is 14.0 Å². The minimum atomic E-state index is -0.650. The predicted molar refractivity (Wildman–Crippen MR) is 57.3 cm³/mol. The summed E-state index contributed by atoms with van der Waals surface area (Å²) in [6.45, 7) is 9.95. The molecule has 0 amide bonds. The molecule has 0 aliphatic rings. The molecule has 0 aliphatic carbocycles. The predicted octanol–water partition coefficient (Wildman–Crippen LogP) is 1.74. The molecule has 0 saturated heterocycles. The summed E-state index contributed by atoms with van der Waals surface area (Å²) in [6.07, 6.45) is 2.02. The third-order valence-corrected chi connectivity index (χ3v) is 2.03. The zero-order valence-electron chi connectivity index (χ0n) is 9.00. The van der Waals surface area contributed by atoms with Gasteiger partial charge in [0.25, 0.3) is 0 Å². The van der Waals surface area contributed by atoms with Gasteiger partial charge in [-0.3, -0.25) is 0 Å². The van der Waals surface area contributed by atoms with E-state index in [0.717, 1.165) is 12.5 Å². The molecule has 4 heteroatoms. The molecule has 0 heterocycles. The van der Waals surface area contributed by atoms with Gasteiger partial charge in [0, 0.05) is 13.2 Å². The summed E-state index contributed by atoms with van der Waals surface area (Å²) in [5.41, 5.74) is 0. The van der Waals surface area contributed by atoms with Gasteiger partial charge in [0.1, 0.15) is 0 Å². The van der Waals surface area contributed by atoms with Crippen LogP contribution in [0.5, 0.6) is 0 Å². The van der Waals surface area contributed by atoms with E-state index in [1.807, 2.05) is 6.92 Å². The molecule has 0 aromatic rings. The van der Waals surface area contributed by atoms with E-state index in [-0.39, 0.29) is 5.97 Å². The first kappa shape index (κ1) is 14.9. The number of carbonyl (C=O) groups is 1. The lowest BCUT2D eigenvalue weighted by Crippen LogP contribution is -2.00. The Balaban J connectivity index is 0. The molecule has 0 radical (unpaired) electrons. The zero-order valence-corrected chi connectivity index (χ0v) is 10.2. The minimum absolute atomic E-state index is 0.341. The summed E-state index contributed by atoms with van der Waals surface area (Å²) >= 11 is 0. The molecule has 0 rings (SSSR count). The van der Waals surface area contributed by atoms with Gasteiger partial charge in [-0.25, -0.2) is 4.79 Å². The van der Waals surface area contributed by atoms with Crippen molar-refractivity contribution in [3.05, 3.63) is 12.7 Å². The summed E-state index contributed by atoms with van der Waals surface area (Å²) in [5.74, 6) is -0.341. The number of esters is 1. The van der Waals surface area contributed by atoms with E-state index in [2.05, 4.69) is 24.4 Å². The minimum Gasteiger partial charge on any atom is -0.463 e. The Morgan fingerprint density at radius 1 is 1.54 bits per heavy atom. The lowest BCUT2D eigenvalue weighted by molar-refractivity contribution is -0.137. The van der Waals surface area contributed by atoms with Gasteiger partial charge in [-0.2, -0.15) is 0 Å². The Morgan fingerprint density at radius 3 is 2.23 bits per heavy atom. The van der Waals surface area contributed by atoms with Crippen molar-refractivity contribution in [1.29, 1.82) is 0 Å². The average molecular weight is 204 g/mol. The molecule has 0 spiro atoms. The lowest BCUT2D eigenvalue weighted by atomic mass is 10.5. The van der Waals surface area contributed by atoms with Crippen molar-refractivity contribution in [3.8, 4) is 0 Å². The molecule has 0 aromatic heterocycles. The first-order valence-electron chi connectivity index (χ1n) is 4.40. The van der Waals surface area contributed by atoms with E-state index in [1.165, 1.54) is 0 Å². The summed E-state index contributed by atoms with van der Waals surface area (Å²) in [6, 6.07) is 0. The second-order valence-electron chi connectivity index (χ2n) is 2.66. The number of hydrogen-bond acceptors (Lipinski definition) is 3. The fraction of sp³-hybridized carbons (Fsp3) is 0.667. The number of ether oxygens (including phenoxy) is 1. The summed E-state index contributed by atoms with van der Waals surface area (Å²) < 4.78 is 9.47. The first-order valence-corrected chi connectivity index (χ1v) is 7.18. The molecule has 3 nitrogen and oxygen atoms in total. The fourth-order valence-electron chi connectivity index (χ4n) is 0.262. The lowest BCUT2D eigenvalue weighted by Gasteiger charge is -1.94. The SMILES string of the molecule is C=CC(=O)OCCC.CO[SiH](C)C. The van der Waals surface area contributed by atoms with Crippen LogP contribution < -0.4 is 0 Å². The van der Waals surface area contributed by atoms with Gasteiger partial charge in [-0.1, -0.05) is 13.5 Å². The van der Waals surface area contributed by atoms with Gasteiger partial charge in [0.15, 0.2) is 9.04 Å². The van der Waals surface area contributed by atoms with E-state index in [9.17, 15) is 4.79 Å². The molecule has 0 atom stereocenters. The zero-order chi connectivity index (χ0) is 10.7. The van der Waals surface area contributed by atoms with Gasteiger partial charge in [-0.05, 0) is 19.5 Å². The van der Waals surface area contributed by atoms with Crippen LogP contribution in [0.2, 0.25) is 13.1 Å². The smallest absolute Gasteiger partial charge is 0.330 e. The molecular weight excluding hydrogens is 184 g/mol. The number of carbonyl (C=O) groups excluding carboxylic acids is 1. The maximum atomic E-state index is 10.2. The monoisotopic (exact) mass is 204 g/mol. The maximum absolute atomic E-state index is 10.2. The number of rotatable bonds is 4. The average Bonchev–Trinajstić information content (AvgIpc) is 2.15. The molecule has 0 saturated carbocycles.